The van der Waals surface area contributed by atoms with Crippen LogP contribution >= 0.6 is 11.3 Å². The highest BCUT2D eigenvalue weighted by molar-refractivity contribution is 7.09. The molecule has 0 aliphatic rings. The lowest BCUT2D eigenvalue weighted by Gasteiger charge is -2.30. The smallest absolute Gasteiger partial charge is 0.243 e. The van der Waals surface area contributed by atoms with E-state index in [1.54, 1.807) is 29.4 Å². The Labute approximate surface area is 123 Å². The van der Waals surface area contributed by atoms with Crippen LogP contribution in [0.5, 0.6) is 0 Å². The first-order valence-electron chi connectivity index (χ1n) is 6.66. The summed E-state index contributed by atoms with van der Waals surface area (Å²) in [6.45, 7) is 4.70. The molecule has 2 aromatic rings. The molecule has 0 saturated heterocycles. The highest BCUT2D eigenvalue weighted by atomic mass is 32.1. The second-order valence-corrected chi connectivity index (χ2v) is 6.12. The largest absolute Gasteiger partial charge is 0.467 e. The lowest BCUT2D eigenvalue weighted by atomic mass is 9.98. The van der Waals surface area contributed by atoms with Crippen LogP contribution in [-0.2, 0) is 17.9 Å². The Morgan fingerprint density at radius 1 is 1.40 bits per heavy atom. The zero-order valence-corrected chi connectivity index (χ0v) is 12.7. The summed E-state index contributed by atoms with van der Waals surface area (Å²) in [5.74, 6) is 0.714. The van der Waals surface area contributed by atoms with E-state index in [0.717, 1.165) is 10.6 Å². The Morgan fingerprint density at radius 3 is 2.75 bits per heavy atom. The number of nitrogens with two attached hydrogens (primary N) is 1. The summed E-state index contributed by atoms with van der Waals surface area (Å²) >= 11 is 1.63. The van der Waals surface area contributed by atoms with Crippen molar-refractivity contribution in [3.8, 4) is 0 Å². The number of furan rings is 1. The molecule has 108 valence electrons. The minimum Gasteiger partial charge on any atom is -0.467 e. The zero-order valence-electron chi connectivity index (χ0n) is 11.8. The Hall–Kier alpha value is -1.59. The number of rotatable bonds is 6. The van der Waals surface area contributed by atoms with Crippen LogP contribution in [0.15, 0.2) is 40.3 Å². The van der Waals surface area contributed by atoms with Crippen LogP contribution in [0.2, 0.25) is 0 Å². The third-order valence-electron chi connectivity index (χ3n) is 3.36. The second-order valence-electron chi connectivity index (χ2n) is 5.09. The summed E-state index contributed by atoms with van der Waals surface area (Å²) in [5, 5.41) is 2.01. The highest BCUT2D eigenvalue weighted by Gasteiger charge is 2.31. The molecule has 0 saturated carbocycles. The maximum absolute atomic E-state index is 12.6. The summed E-state index contributed by atoms with van der Waals surface area (Å²) in [6, 6.07) is 7.70. The summed E-state index contributed by atoms with van der Waals surface area (Å²) in [6.07, 6.45) is 2.22. The first-order chi connectivity index (χ1) is 9.53. The molecule has 0 fully saturated rings. The Balaban J connectivity index is 2.17. The van der Waals surface area contributed by atoms with E-state index in [9.17, 15) is 4.79 Å². The molecular formula is C15H20N2O2S. The Morgan fingerprint density at radius 2 is 2.20 bits per heavy atom. The normalized spacial score (nSPS) is 13.9. The fourth-order valence-corrected chi connectivity index (χ4v) is 2.61. The zero-order chi connectivity index (χ0) is 14.6. The van der Waals surface area contributed by atoms with Crippen molar-refractivity contribution in [3.05, 3.63) is 46.5 Å². The molecular weight excluding hydrogens is 272 g/mol. The minimum atomic E-state index is -0.843. The molecule has 5 heteroatoms. The van der Waals surface area contributed by atoms with Gasteiger partial charge in [0.2, 0.25) is 5.91 Å². The third-order valence-corrected chi connectivity index (χ3v) is 4.22. The molecule has 20 heavy (non-hydrogen) atoms. The summed E-state index contributed by atoms with van der Waals surface area (Å²) in [7, 11) is 0. The van der Waals surface area contributed by atoms with Crippen LogP contribution in [0.3, 0.4) is 0 Å². The fourth-order valence-electron chi connectivity index (χ4n) is 1.89. The van der Waals surface area contributed by atoms with E-state index in [-0.39, 0.29) is 5.91 Å². The van der Waals surface area contributed by atoms with Crippen molar-refractivity contribution in [3.63, 3.8) is 0 Å². The van der Waals surface area contributed by atoms with Crippen molar-refractivity contribution in [1.29, 1.82) is 0 Å². The van der Waals surface area contributed by atoms with Gasteiger partial charge in [-0.05, 0) is 36.9 Å². The van der Waals surface area contributed by atoms with E-state index >= 15 is 0 Å². The summed E-state index contributed by atoms with van der Waals surface area (Å²) < 4.78 is 5.35. The standard InChI is InChI=1S/C15H20N2O2S/c1-3-15(2,16)14(18)17(10-12-6-4-8-19-12)11-13-7-5-9-20-13/h4-9H,3,10-11,16H2,1-2H3. The summed E-state index contributed by atoms with van der Waals surface area (Å²) in [5.41, 5.74) is 5.26. The third kappa shape index (κ3) is 3.49. The van der Waals surface area contributed by atoms with Crippen molar-refractivity contribution in [2.75, 3.05) is 0 Å². The molecule has 0 aliphatic heterocycles. The van der Waals surface area contributed by atoms with Crippen LogP contribution in [-0.4, -0.2) is 16.3 Å². The van der Waals surface area contributed by atoms with Crippen LogP contribution in [0.25, 0.3) is 0 Å². The van der Waals surface area contributed by atoms with Crippen LogP contribution in [0, 0.1) is 0 Å². The van der Waals surface area contributed by atoms with Gasteiger partial charge in [-0.3, -0.25) is 4.79 Å². The molecule has 1 atom stereocenters. The topological polar surface area (TPSA) is 59.5 Å². The summed E-state index contributed by atoms with van der Waals surface area (Å²) in [4.78, 5) is 15.5. The fraction of sp³-hybridized carbons (Fsp3) is 0.400. The quantitative estimate of drug-likeness (QED) is 0.890. The number of carbonyl (C=O) groups excluding carboxylic acids is 1. The number of nitrogens with zero attached hydrogens (tertiary/aromatic N) is 1. The predicted octanol–water partition coefficient (Wildman–Crippen LogP) is 3.00. The van der Waals surface area contributed by atoms with Gasteiger partial charge in [-0.15, -0.1) is 11.3 Å². The van der Waals surface area contributed by atoms with Gasteiger partial charge >= 0.3 is 0 Å². The monoisotopic (exact) mass is 292 g/mol. The Bertz CT molecular complexity index is 496. The van der Waals surface area contributed by atoms with Gasteiger partial charge in [-0.1, -0.05) is 13.0 Å². The van der Waals surface area contributed by atoms with Gasteiger partial charge in [0, 0.05) is 4.88 Å². The van der Waals surface area contributed by atoms with E-state index in [1.807, 2.05) is 36.6 Å². The Kier molecular flexibility index (Phi) is 4.62. The lowest BCUT2D eigenvalue weighted by Crippen LogP contribution is -2.52. The maximum Gasteiger partial charge on any atom is 0.243 e. The van der Waals surface area contributed by atoms with Gasteiger partial charge in [0.05, 0.1) is 24.9 Å². The van der Waals surface area contributed by atoms with Crippen molar-refractivity contribution < 1.29 is 9.21 Å². The molecule has 0 aliphatic carbocycles. The maximum atomic E-state index is 12.6. The van der Waals surface area contributed by atoms with Gasteiger partial charge in [-0.25, -0.2) is 0 Å². The van der Waals surface area contributed by atoms with E-state index in [0.29, 0.717) is 19.5 Å². The van der Waals surface area contributed by atoms with E-state index < -0.39 is 5.54 Å². The lowest BCUT2D eigenvalue weighted by molar-refractivity contribution is -0.138. The number of carbonyl (C=O) groups is 1. The molecule has 1 unspecified atom stereocenters. The van der Waals surface area contributed by atoms with E-state index in [1.165, 1.54) is 0 Å². The molecule has 0 aromatic carbocycles. The number of thiophene rings is 1. The number of hydrogen-bond donors (Lipinski definition) is 1. The van der Waals surface area contributed by atoms with Crippen LogP contribution in [0.1, 0.15) is 30.9 Å². The second kappa shape index (κ2) is 6.24. The average Bonchev–Trinajstić information content (AvgIpc) is 3.10. The van der Waals surface area contributed by atoms with E-state index in [4.69, 9.17) is 10.2 Å². The van der Waals surface area contributed by atoms with Crippen LogP contribution < -0.4 is 5.73 Å². The van der Waals surface area contributed by atoms with Crippen molar-refractivity contribution >= 4 is 17.2 Å². The number of amides is 1. The predicted molar refractivity (Wildman–Crippen MR) is 80.2 cm³/mol. The molecule has 4 nitrogen and oxygen atoms in total. The molecule has 1 amide bonds. The molecule has 2 N–H and O–H groups in total. The van der Waals surface area contributed by atoms with Crippen molar-refractivity contribution in [2.45, 2.75) is 38.9 Å². The first-order valence-corrected chi connectivity index (χ1v) is 7.54. The van der Waals surface area contributed by atoms with Gasteiger partial charge in [0.25, 0.3) is 0 Å². The van der Waals surface area contributed by atoms with Crippen molar-refractivity contribution in [1.82, 2.24) is 4.90 Å². The molecule has 0 spiro atoms. The molecule has 2 rings (SSSR count). The van der Waals surface area contributed by atoms with Gasteiger partial charge in [0.15, 0.2) is 0 Å². The van der Waals surface area contributed by atoms with Gasteiger partial charge in [0.1, 0.15) is 5.76 Å². The molecule has 0 bridgehead atoms. The first kappa shape index (κ1) is 14.8. The minimum absolute atomic E-state index is 0.0511. The van der Waals surface area contributed by atoms with Gasteiger partial charge < -0.3 is 15.1 Å². The van der Waals surface area contributed by atoms with E-state index in [2.05, 4.69) is 0 Å². The van der Waals surface area contributed by atoms with Crippen LogP contribution in [0.4, 0.5) is 0 Å². The molecule has 0 radical (unpaired) electrons. The SMILES string of the molecule is CCC(C)(N)C(=O)N(Cc1ccco1)Cc1cccs1. The molecule has 2 aromatic heterocycles. The van der Waals surface area contributed by atoms with Gasteiger partial charge in [-0.2, -0.15) is 0 Å². The number of hydrogen-bond acceptors (Lipinski definition) is 4. The highest BCUT2D eigenvalue weighted by Crippen LogP contribution is 2.19. The average molecular weight is 292 g/mol. The molecule has 2 heterocycles. The van der Waals surface area contributed by atoms with Crippen molar-refractivity contribution in [2.24, 2.45) is 5.73 Å².